The minimum atomic E-state index is 0.773. The number of fused-ring (bicyclic) bond motifs is 1. The SMILES string of the molecule is Cc1nnc2ccc(N(C)CCc3nccs3)nn12. The Balaban J connectivity index is 1.77. The minimum absolute atomic E-state index is 0.773. The van der Waals surface area contributed by atoms with Crippen molar-refractivity contribution in [1.29, 1.82) is 0 Å². The van der Waals surface area contributed by atoms with Gasteiger partial charge in [0.15, 0.2) is 11.5 Å². The Morgan fingerprint density at radius 1 is 1.32 bits per heavy atom. The fourth-order valence-electron chi connectivity index (χ4n) is 1.84. The van der Waals surface area contributed by atoms with Crippen LogP contribution in [0.25, 0.3) is 5.65 Å². The first kappa shape index (κ1) is 12.0. The largest absolute Gasteiger partial charge is 0.358 e. The Morgan fingerprint density at radius 2 is 2.21 bits per heavy atom. The van der Waals surface area contributed by atoms with E-state index in [9.17, 15) is 0 Å². The van der Waals surface area contributed by atoms with Crippen LogP contribution in [0, 0.1) is 6.92 Å². The minimum Gasteiger partial charge on any atom is -0.358 e. The highest BCUT2D eigenvalue weighted by molar-refractivity contribution is 7.09. The zero-order valence-electron chi connectivity index (χ0n) is 10.8. The average molecular weight is 274 g/mol. The summed E-state index contributed by atoms with van der Waals surface area (Å²) in [5.74, 6) is 1.71. The van der Waals surface area contributed by atoms with E-state index in [4.69, 9.17) is 0 Å². The molecule has 0 atom stereocenters. The van der Waals surface area contributed by atoms with Crippen LogP contribution in [0.1, 0.15) is 10.8 Å². The molecule has 0 spiro atoms. The lowest BCUT2D eigenvalue weighted by atomic mass is 10.4. The molecule has 98 valence electrons. The zero-order chi connectivity index (χ0) is 13.2. The van der Waals surface area contributed by atoms with E-state index in [0.29, 0.717) is 0 Å². The van der Waals surface area contributed by atoms with Crippen LogP contribution in [-0.4, -0.2) is 38.4 Å². The molecule has 3 heterocycles. The lowest BCUT2D eigenvalue weighted by Gasteiger charge is -2.17. The Morgan fingerprint density at radius 3 is 3.00 bits per heavy atom. The van der Waals surface area contributed by atoms with Crippen LogP contribution >= 0.6 is 11.3 Å². The molecule has 0 aliphatic carbocycles. The van der Waals surface area contributed by atoms with Crippen LogP contribution in [0.4, 0.5) is 5.82 Å². The zero-order valence-corrected chi connectivity index (χ0v) is 11.6. The predicted octanol–water partition coefficient (Wildman–Crippen LogP) is 1.57. The molecule has 6 nitrogen and oxygen atoms in total. The van der Waals surface area contributed by atoms with E-state index in [1.165, 1.54) is 0 Å². The molecule has 0 unspecified atom stereocenters. The summed E-state index contributed by atoms with van der Waals surface area (Å²) in [6.07, 6.45) is 2.76. The van der Waals surface area contributed by atoms with Crippen molar-refractivity contribution in [2.75, 3.05) is 18.5 Å². The Labute approximate surface area is 114 Å². The summed E-state index contributed by atoms with van der Waals surface area (Å²) in [7, 11) is 2.03. The summed E-state index contributed by atoms with van der Waals surface area (Å²) < 4.78 is 1.76. The van der Waals surface area contributed by atoms with Crippen molar-refractivity contribution >= 4 is 22.8 Å². The third kappa shape index (κ3) is 2.41. The van der Waals surface area contributed by atoms with Crippen LogP contribution < -0.4 is 4.90 Å². The standard InChI is InChI=1S/C12H14N6S/c1-9-14-15-10-3-4-11(16-18(9)10)17(2)7-5-12-13-6-8-19-12/h3-4,6,8H,5,7H2,1-2H3. The maximum absolute atomic E-state index is 4.54. The van der Waals surface area contributed by atoms with Crippen molar-refractivity contribution in [3.05, 3.63) is 34.5 Å². The van der Waals surface area contributed by atoms with Gasteiger partial charge in [0.1, 0.15) is 5.82 Å². The van der Waals surface area contributed by atoms with E-state index in [-0.39, 0.29) is 0 Å². The molecule has 7 heteroatoms. The van der Waals surface area contributed by atoms with Gasteiger partial charge in [-0.2, -0.15) is 4.52 Å². The lowest BCUT2D eigenvalue weighted by Crippen LogP contribution is -2.22. The highest BCUT2D eigenvalue weighted by Gasteiger charge is 2.07. The molecule has 0 bridgehead atoms. The van der Waals surface area contributed by atoms with E-state index in [0.717, 1.165) is 35.3 Å². The third-order valence-electron chi connectivity index (χ3n) is 2.94. The van der Waals surface area contributed by atoms with Crippen molar-refractivity contribution < 1.29 is 0 Å². The number of nitrogens with zero attached hydrogens (tertiary/aromatic N) is 6. The Hall–Kier alpha value is -2.02. The molecular weight excluding hydrogens is 260 g/mol. The highest BCUT2D eigenvalue weighted by atomic mass is 32.1. The third-order valence-corrected chi connectivity index (χ3v) is 3.78. The summed E-state index contributed by atoms with van der Waals surface area (Å²) >= 11 is 1.68. The van der Waals surface area contributed by atoms with Gasteiger partial charge in [-0.3, -0.25) is 0 Å². The van der Waals surface area contributed by atoms with Crippen LogP contribution in [0.3, 0.4) is 0 Å². The number of anilines is 1. The first-order valence-corrected chi connectivity index (χ1v) is 6.90. The smallest absolute Gasteiger partial charge is 0.178 e. The number of rotatable bonds is 4. The molecule has 19 heavy (non-hydrogen) atoms. The summed E-state index contributed by atoms with van der Waals surface area (Å²) in [6.45, 7) is 2.78. The Bertz CT molecular complexity index is 675. The predicted molar refractivity (Wildman–Crippen MR) is 74.6 cm³/mol. The molecule has 0 aliphatic heterocycles. The molecule has 3 rings (SSSR count). The molecule has 0 aromatic carbocycles. The second-order valence-corrected chi connectivity index (χ2v) is 5.29. The molecule has 0 saturated carbocycles. The van der Waals surface area contributed by atoms with Gasteiger partial charge >= 0.3 is 0 Å². The van der Waals surface area contributed by atoms with Gasteiger partial charge in [-0.05, 0) is 19.1 Å². The van der Waals surface area contributed by atoms with Gasteiger partial charge in [-0.25, -0.2) is 4.98 Å². The van der Waals surface area contributed by atoms with Gasteiger partial charge in [-0.15, -0.1) is 26.6 Å². The molecule has 0 N–H and O–H groups in total. The highest BCUT2D eigenvalue weighted by Crippen LogP contribution is 2.12. The summed E-state index contributed by atoms with van der Waals surface area (Å²) in [4.78, 5) is 6.40. The molecule has 0 amide bonds. The van der Waals surface area contributed by atoms with E-state index >= 15 is 0 Å². The molecule has 0 radical (unpaired) electrons. The molecule has 0 saturated heterocycles. The number of hydrogen-bond donors (Lipinski definition) is 0. The number of likely N-dealkylation sites (N-methyl/N-ethyl adjacent to an activating group) is 1. The Kier molecular flexibility index (Phi) is 3.12. The van der Waals surface area contributed by atoms with Gasteiger partial charge in [0.25, 0.3) is 0 Å². The van der Waals surface area contributed by atoms with Crippen molar-refractivity contribution in [1.82, 2.24) is 24.8 Å². The summed E-state index contributed by atoms with van der Waals surface area (Å²) in [5.41, 5.74) is 0.773. The fourth-order valence-corrected chi connectivity index (χ4v) is 2.45. The molecular formula is C12H14N6S. The maximum atomic E-state index is 4.54. The van der Waals surface area contributed by atoms with Crippen LogP contribution in [0.2, 0.25) is 0 Å². The maximum Gasteiger partial charge on any atom is 0.178 e. The van der Waals surface area contributed by atoms with Gasteiger partial charge in [-0.1, -0.05) is 0 Å². The number of thiazole rings is 1. The van der Waals surface area contributed by atoms with Gasteiger partial charge in [0.05, 0.1) is 5.01 Å². The quantitative estimate of drug-likeness (QED) is 0.722. The fraction of sp³-hybridized carbons (Fsp3) is 0.333. The topological polar surface area (TPSA) is 59.2 Å². The number of hydrogen-bond acceptors (Lipinski definition) is 6. The number of aryl methyl sites for hydroxylation is 1. The van der Waals surface area contributed by atoms with Crippen LogP contribution in [-0.2, 0) is 6.42 Å². The van der Waals surface area contributed by atoms with Gasteiger partial charge in [0, 0.05) is 31.6 Å². The van der Waals surface area contributed by atoms with E-state index < -0.39 is 0 Å². The number of aromatic nitrogens is 5. The summed E-state index contributed by atoms with van der Waals surface area (Å²) in [6, 6.07) is 3.90. The van der Waals surface area contributed by atoms with Crippen molar-refractivity contribution in [3.63, 3.8) is 0 Å². The normalized spacial score (nSPS) is 11.1. The van der Waals surface area contributed by atoms with Gasteiger partial charge < -0.3 is 4.90 Å². The lowest BCUT2D eigenvalue weighted by molar-refractivity contribution is 0.805. The summed E-state index contributed by atoms with van der Waals surface area (Å²) in [5, 5.41) is 15.7. The van der Waals surface area contributed by atoms with Crippen LogP contribution in [0.15, 0.2) is 23.7 Å². The monoisotopic (exact) mass is 274 g/mol. The molecule has 0 aliphatic rings. The first-order chi connectivity index (χ1) is 9.24. The van der Waals surface area contributed by atoms with Crippen molar-refractivity contribution in [3.8, 4) is 0 Å². The second kappa shape index (κ2) is 4.93. The van der Waals surface area contributed by atoms with E-state index in [2.05, 4.69) is 25.2 Å². The molecule has 3 aromatic heterocycles. The van der Waals surface area contributed by atoms with E-state index in [1.54, 1.807) is 15.9 Å². The van der Waals surface area contributed by atoms with Crippen LogP contribution in [0.5, 0.6) is 0 Å². The van der Waals surface area contributed by atoms with Crippen molar-refractivity contribution in [2.45, 2.75) is 13.3 Å². The second-order valence-electron chi connectivity index (χ2n) is 4.31. The van der Waals surface area contributed by atoms with E-state index in [1.807, 2.05) is 37.7 Å². The average Bonchev–Trinajstić information content (AvgIpc) is 3.06. The molecule has 0 fully saturated rings. The first-order valence-electron chi connectivity index (χ1n) is 6.02. The van der Waals surface area contributed by atoms with Gasteiger partial charge in [0.2, 0.25) is 0 Å². The van der Waals surface area contributed by atoms with Crippen molar-refractivity contribution in [2.24, 2.45) is 0 Å². The molecule has 3 aromatic rings.